The summed E-state index contributed by atoms with van der Waals surface area (Å²) >= 11 is 1.42. The third kappa shape index (κ3) is 5.95. The summed E-state index contributed by atoms with van der Waals surface area (Å²) in [5.41, 5.74) is 1.46. The number of aromatic nitrogens is 1. The fourth-order valence-electron chi connectivity index (χ4n) is 2.76. The Balaban J connectivity index is 2.01. The number of aliphatic carboxylic acids is 1. The Bertz CT molecular complexity index is 806. The van der Waals surface area contributed by atoms with E-state index >= 15 is 0 Å². The average molecular weight is 407 g/mol. The number of methoxy groups -OCH3 is 2. The van der Waals surface area contributed by atoms with Crippen molar-refractivity contribution >= 4 is 23.2 Å². The highest BCUT2D eigenvalue weighted by Crippen LogP contribution is 2.33. The molecule has 0 fully saturated rings. The highest BCUT2D eigenvalue weighted by molar-refractivity contribution is 7.13. The lowest BCUT2D eigenvalue weighted by Crippen LogP contribution is -2.41. The fraction of sp³-hybridized carbons (Fsp3) is 0.450. The number of nitrogens with one attached hydrogen (secondary N) is 1. The second kappa shape index (κ2) is 10.7. The van der Waals surface area contributed by atoms with Gasteiger partial charge in [0.1, 0.15) is 11.0 Å². The van der Waals surface area contributed by atoms with E-state index in [1.807, 2.05) is 19.1 Å². The third-order valence-corrected chi connectivity index (χ3v) is 5.19. The number of carboxylic acid groups (broad SMARTS) is 1. The first kappa shape index (κ1) is 21.7. The third-order valence-electron chi connectivity index (χ3n) is 4.25. The van der Waals surface area contributed by atoms with E-state index in [0.717, 1.165) is 29.8 Å². The largest absolute Gasteiger partial charge is 0.493 e. The summed E-state index contributed by atoms with van der Waals surface area (Å²) in [5, 5.41) is 14.4. The predicted octanol–water partition coefficient (Wildman–Crippen LogP) is 3.52. The Morgan fingerprint density at radius 1 is 1.21 bits per heavy atom. The van der Waals surface area contributed by atoms with Crippen LogP contribution < -0.4 is 14.8 Å². The summed E-state index contributed by atoms with van der Waals surface area (Å²) in [6, 6.07) is 4.65. The molecule has 28 heavy (non-hydrogen) atoms. The van der Waals surface area contributed by atoms with Crippen LogP contribution in [0.5, 0.6) is 11.5 Å². The lowest BCUT2D eigenvalue weighted by atomic mass is 10.1. The zero-order valence-corrected chi connectivity index (χ0v) is 17.2. The Morgan fingerprint density at radius 2 is 1.96 bits per heavy atom. The van der Waals surface area contributed by atoms with Crippen molar-refractivity contribution in [2.45, 2.75) is 45.1 Å². The molecule has 2 rings (SSSR count). The number of nitrogens with zero attached hydrogens (tertiary/aromatic N) is 1. The molecule has 8 heteroatoms. The number of benzene rings is 1. The van der Waals surface area contributed by atoms with E-state index < -0.39 is 12.0 Å². The summed E-state index contributed by atoms with van der Waals surface area (Å²) in [4.78, 5) is 28.1. The molecular weight excluding hydrogens is 380 g/mol. The monoisotopic (exact) mass is 406 g/mol. The highest BCUT2D eigenvalue weighted by Gasteiger charge is 2.20. The van der Waals surface area contributed by atoms with Crippen LogP contribution in [0.3, 0.4) is 0 Å². The number of rotatable bonds is 11. The SMILES string of the molecule is CCCCCC(NC(=O)Cc1csc(-c2ccc(OC)c(OC)c2)n1)C(=O)O. The number of carboxylic acids is 1. The molecule has 1 amide bonds. The highest BCUT2D eigenvalue weighted by atomic mass is 32.1. The second-order valence-electron chi connectivity index (χ2n) is 6.34. The molecule has 7 nitrogen and oxygen atoms in total. The van der Waals surface area contributed by atoms with E-state index in [-0.39, 0.29) is 12.3 Å². The van der Waals surface area contributed by atoms with Crippen molar-refractivity contribution in [1.82, 2.24) is 10.3 Å². The van der Waals surface area contributed by atoms with Crippen molar-refractivity contribution in [2.75, 3.05) is 14.2 Å². The lowest BCUT2D eigenvalue weighted by molar-refractivity contribution is -0.142. The van der Waals surface area contributed by atoms with Crippen LogP contribution in [-0.4, -0.2) is 42.2 Å². The fourth-order valence-corrected chi connectivity index (χ4v) is 3.57. The van der Waals surface area contributed by atoms with Crippen LogP contribution >= 0.6 is 11.3 Å². The van der Waals surface area contributed by atoms with Gasteiger partial charge in [-0.2, -0.15) is 0 Å². The summed E-state index contributed by atoms with van der Waals surface area (Å²) in [6.45, 7) is 2.05. The quantitative estimate of drug-likeness (QED) is 0.554. The van der Waals surface area contributed by atoms with Crippen LogP contribution in [0.25, 0.3) is 10.6 Å². The van der Waals surface area contributed by atoms with Crippen molar-refractivity contribution < 1.29 is 24.2 Å². The maximum Gasteiger partial charge on any atom is 0.326 e. The van der Waals surface area contributed by atoms with Gasteiger partial charge >= 0.3 is 5.97 Å². The Labute approximate surface area is 168 Å². The van der Waals surface area contributed by atoms with E-state index in [9.17, 15) is 14.7 Å². The van der Waals surface area contributed by atoms with Gasteiger partial charge in [-0.05, 0) is 24.6 Å². The first-order valence-corrected chi connectivity index (χ1v) is 10.0. The molecule has 152 valence electrons. The van der Waals surface area contributed by atoms with Gasteiger partial charge in [0.2, 0.25) is 5.91 Å². The summed E-state index contributed by atoms with van der Waals surface area (Å²) in [5.74, 6) is -0.113. The van der Waals surface area contributed by atoms with Crippen molar-refractivity contribution in [3.05, 3.63) is 29.3 Å². The minimum atomic E-state index is -1.01. The molecule has 0 radical (unpaired) electrons. The molecule has 0 aliphatic rings. The molecule has 1 aromatic heterocycles. The van der Waals surface area contributed by atoms with Crippen LogP contribution in [0.2, 0.25) is 0 Å². The number of ether oxygens (including phenoxy) is 2. The molecule has 1 unspecified atom stereocenters. The van der Waals surface area contributed by atoms with Gasteiger partial charge in [-0.3, -0.25) is 4.79 Å². The van der Waals surface area contributed by atoms with Gasteiger partial charge in [-0.25, -0.2) is 9.78 Å². The smallest absolute Gasteiger partial charge is 0.326 e. The number of carbonyl (C=O) groups excluding carboxylic acids is 1. The first-order valence-electron chi connectivity index (χ1n) is 9.17. The maximum atomic E-state index is 12.2. The lowest BCUT2D eigenvalue weighted by Gasteiger charge is -2.13. The van der Waals surface area contributed by atoms with Gasteiger partial charge in [0, 0.05) is 10.9 Å². The van der Waals surface area contributed by atoms with Gasteiger partial charge in [0.15, 0.2) is 11.5 Å². The van der Waals surface area contributed by atoms with Crippen LogP contribution in [0, 0.1) is 0 Å². The number of hydrogen-bond donors (Lipinski definition) is 2. The molecule has 1 heterocycles. The molecular formula is C20H26N2O5S. The zero-order valence-electron chi connectivity index (χ0n) is 16.4. The molecule has 0 saturated heterocycles. The molecule has 0 bridgehead atoms. The topological polar surface area (TPSA) is 97.8 Å². The Hall–Kier alpha value is -2.61. The van der Waals surface area contributed by atoms with Crippen molar-refractivity contribution in [2.24, 2.45) is 0 Å². The van der Waals surface area contributed by atoms with Gasteiger partial charge in [0.25, 0.3) is 0 Å². The second-order valence-corrected chi connectivity index (χ2v) is 7.20. The molecule has 1 atom stereocenters. The minimum absolute atomic E-state index is 0.0430. The van der Waals surface area contributed by atoms with E-state index in [2.05, 4.69) is 10.3 Å². The van der Waals surface area contributed by atoms with Gasteiger partial charge in [-0.15, -0.1) is 11.3 Å². The number of carbonyl (C=O) groups is 2. The normalized spacial score (nSPS) is 11.7. The average Bonchev–Trinajstić information content (AvgIpc) is 3.14. The number of amides is 1. The number of hydrogen-bond acceptors (Lipinski definition) is 6. The van der Waals surface area contributed by atoms with Gasteiger partial charge < -0.3 is 19.9 Å². The maximum absolute atomic E-state index is 12.2. The van der Waals surface area contributed by atoms with E-state index in [1.54, 1.807) is 25.7 Å². The molecule has 0 aliphatic heterocycles. The van der Waals surface area contributed by atoms with Crippen molar-refractivity contribution in [1.29, 1.82) is 0 Å². The predicted molar refractivity (Wildman–Crippen MR) is 108 cm³/mol. The van der Waals surface area contributed by atoms with Crippen molar-refractivity contribution in [3.8, 4) is 22.1 Å². The van der Waals surface area contributed by atoms with Crippen LogP contribution in [-0.2, 0) is 16.0 Å². The molecule has 0 aliphatic carbocycles. The van der Waals surface area contributed by atoms with E-state index in [1.165, 1.54) is 11.3 Å². The summed E-state index contributed by atoms with van der Waals surface area (Å²) in [7, 11) is 3.14. The molecule has 0 saturated carbocycles. The number of unbranched alkanes of at least 4 members (excludes halogenated alkanes) is 2. The number of thiazole rings is 1. The molecule has 1 aromatic carbocycles. The van der Waals surface area contributed by atoms with Gasteiger partial charge in [0.05, 0.1) is 26.3 Å². The molecule has 2 N–H and O–H groups in total. The van der Waals surface area contributed by atoms with Gasteiger partial charge in [-0.1, -0.05) is 26.2 Å². The Morgan fingerprint density at radius 3 is 2.61 bits per heavy atom. The standard InChI is InChI=1S/C20H26N2O5S/c1-4-5-6-7-15(20(24)25)22-18(23)11-14-12-28-19(21-14)13-8-9-16(26-2)17(10-13)27-3/h8-10,12,15H,4-7,11H2,1-3H3,(H,22,23)(H,24,25). The van der Waals surface area contributed by atoms with Crippen LogP contribution in [0.15, 0.2) is 23.6 Å². The summed E-state index contributed by atoms with van der Waals surface area (Å²) < 4.78 is 10.5. The van der Waals surface area contributed by atoms with E-state index in [4.69, 9.17) is 9.47 Å². The molecule has 0 spiro atoms. The van der Waals surface area contributed by atoms with Crippen LogP contribution in [0.4, 0.5) is 0 Å². The minimum Gasteiger partial charge on any atom is -0.493 e. The van der Waals surface area contributed by atoms with E-state index in [0.29, 0.717) is 23.6 Å². The molecule has 2 aromatic rings. The first-order chi connectivity index (χ1) is 13.5. The Kier molecular flexibility index (Phi) is 8.25. The summed E-state index contributed by atoms with van der Waals surface area (Å²) in [6.07, 6.45) is 3.19. The zero-order chi connectivity index (χ0) is 20.5. The van der Waals surface area contributed by atoms with Crippen LogP contribution in [0.1, 0.15) is 38.3 Å². The van der Waals surface area contributed by atoms with Crippen molar-refractivity contribution in [3.63, 3.8) is 0 Å².